The predicted octanol–water partition coefficient (Wildman–Crippen LogP) is 4.58. The molecule has 0 aromatic rings. The van der Waals surface area contributed by atoms with E-state index in [0.29, 0.717) is 11.8 Å². The molecule has 0 radical (unpaired) electrons. The highest BCUT2D eigenvalue weighted by atomic mass is 16.8. The third-order valence-corrected chi connectivity index (χ3v) is 13.5. The quantitative estimate of drug-likeness (QED) is 0.473. The first-order valence-electron chi connectivity index (χ1n) is 14.3. The second kappa shape index (κ2) is 6.22. The Morgan fingerprint density at radius 1 is 1.03 bits per heavy atom. The van der Waals surface area contributed by atoms with Crippen molar-refractivity contribution in [1.29, 1.82) is 0 Å². The van der Waals surface area contributed by atoms with Crippen molar-refractivity contribution in [3.63, 3.8) is 0 Å². The van der Waals surface area contributed by atoms with Crippen LogP contribution in [0.15, 0.2) is 11.6 Å². The molecule has 2 aliphatic heterocycles. The van der Waals surface area contributed by atoms with Crippen LogP contribution in [0.5, 0.6) is 0 Å². The van der Waals surface area contributed by atoms with Crippen molar-refractivity contribution in [2.75, 3.05) is 0 Å². The molecule has 6 fully saturated rings. The van der Waals surface area contributed by atoms with Crippen molar-refractivity contribution in [1.82, 2.24) is 0 Å². The minimum absolute atomic E-state index is 0.0776. The number of fused-ring (bicyclic) bond motifs is 4. The Morgan fingerprint density at radius 3 is 2.43 bits per heavy atom. The molecule has 3 N–H and O–H groups in total. The van der Waals surface area contributed by atoms with Crippen LogP contribution in [-0.2, 0) is 9.47 Å². The standard InChI is InChI=1S/C30H46O5/c1-16-14-17-22(25(4,5)33)35-30(34-17)21(16)26(6)12-13-29-15-28(29)11-10-20(31)24(2,3)18(28)8-9-19(29)27(26,7)23(30)32/h9,16-18,20-23,31-33H,8,10-15H2,1-7H3/t16-,17-,18+,20+,21?,22+,23-,26-,27-,28-,29?,30-/m1/s1. The summed E-state index contributed by atoms with van der Waals surface area (Å²) in [6.07, 6.45) is 8.17. The molecular weight excluding hydrogens is 440 g/mol. The van der Waals surface area contributed by atoms with Gasteiger partial charge in [0, 0.05) is 11.3 Å². The van der Waals surface area contributed by atoms with E-state index in [9.17, 15) is 15.3 Å². The second-order valence-corrected chi connectivity index (χ2v) is 15.5. The number of ether oxygens (including phenoxy) is 2. The summed E-state index contributed by atoms with van der Waals surface area (Å²) in [5.41, 5.74) is 0.212. The van der Waals surface area contributed by atoms with Gasteiger partial charge >= 0.3 is 0 Å². The maximum absolute atomic E-state index is 12.4. The van der Waals surface area contributed by atoms with Crippen molar-refractivity contribution in [3.8, 4) is 0 Å². The van der Waals surface area contributed by atoms with Gasteiger partial charge in [0.1, 0.15) is 12.2 Å². The molecule has 2 saturated heterocycles. The van der Waals surface area contributed by atoms with Crippen molar-refractivity contribution in [3.05, 3.63) is 11.6 Å². The number of aliphatic hydroxyl groups excluding tert-OH is 2. The van der Waals surface area contributed by atoms with Crippen molar-refractivity contribution in [2.45, 2.75) is 129 Å². The van der Waals surface area contributed by atoms with E-state index in [-0.39, 0.29) is 39.8 Å². The molecule has 5 heteroatoms. The summed E-state index contributed by atoms with van der Waals surface area (Å²) in [6.45, 7) is 15.2. The lowest BCUT2D eigenvalue weighted by Gasteiger charge is -2.59. The van der Waals surface area contributed by atoms with Crippen LogP contribution in [0.1, 0.15) is 93.4 Å². The van der Waals surface area contributed by atoms with Crippen LogP contribution in [0.2, 0.25) is 0 Å². The number of aliphatic hydroxyl groups is 3. The largest absolute Gasteiger partial charge is 0.393 e. The Hall–Kier alpha value is -0.460. The normalized spacial score (nSPS) is 61.7. The molecule has 4 saturated carbocycles. The first kappa shape index (κ1) is 23.6. The van der Waals surface area contributed by atoms with Crippen LogP contribution in [-0.4, -0.2) is 51.1 Å². The molecule has 3 spiro atoms. The van der Waals surface area contributed by atoms with Gasteiger partial charge in [-0.15, -0.1) is 0 Å². The molecule has 5 nitrogen and oxygen atoms in total. The zero-order valence-corrected chi connectivity index (χ0v) is 22.7. The number of rotatable bonds is 1. The van der Waals surface area contributed by atoms with E-state index < -0.39 is 29.0 Å². The van der Waals surface area contributed by atoms with Gasteiger partial charge in [-0.3, -0.25) is 0 Å². The van der Waals surface area contributed by atoms with Crippen LogP contribution in [0.4, 0.5) is 0 Å². The highest BCUT2D eigenvalue weighted by Gasteiger charge is 2.86. The molecule has 35 heavy (non-hydrogen) atoms. The number of hydrogen-bond acceptors (Lipinski definition) is 5. The minimum atomic E-state index is -1.05. The van der Waals surface area contributed by atoms with Gasteiger partial charge in [0.05, 0.1) is 17.8 Å². The van der Waals surface area contributed by atoms with Gasteiger partial charge in [-0.25, -0.2) is 0 Å². The van der Waals surface area contributed by atoms with Gasteiger partial charge in [-0.2, -0.15) is 0 Å². The lowest BCUT2D eigenvalue weighted by atomic mass is 9.44. The number of allylic oxidation sites excluding steroid dienone is 1. The monoisotopic (exact) mass is 486 g/mol. The molecule has 196 valence electrons. The van der Waals surface area contributed by atoms with Crippen molar-refractivity contribution in [2.24, 2.45) is 44.8 Å². The predicted molar refractivity (Wildman–Crippen MR) is 132 cm³/mol. The highest BCUT2D eigenvalue weighted by Crippen LogP contribution is 2.89. The fourth-order valence-electron chi connectivity index (χ4n) is 11.8. The molecule has 0 amide bonds. The summed E-state index contributed by atoms with van der Waals surface area (Å²) in [7, 11) is 0. The molecule has 2 heterocycles. The van der Waals surface area contributed by atoms with E-state index in [2.05, 4.69) is 40.7 Å². The van der Waals surface area contributed by atoms with E-state index >= 15 is 0 Å². The number of hydrogen-bond donors (Lipinski definition) is 3. The molecule has 7 rings (SSSR count). The van der Waals surface area contributed by atoms with E-state index in [1.807, 2.05) is 13.8 Å². The first-order chi connectivity index (χ1) is 16.1. The van der Waals surface area contributed by atoms with Crippen molar-refractivity contribution < 1.29 is 24.8 Å². The topological polar surface area (TPSA) is 79.2 Å². The fraction of sp³-hybridized carbons (Fsp3) is 0.933. The molecule has 7 aliphatic rings. The zero-order valence-electron chi connectivity index (χ0n) is 22.7. The summed E-state index contributed by atoms with van der Waals surface area (Å²) in [4.78, 5) is 0. The molecule has 0 aromatic heterocycles. The summed E-state index contributed by atoms with van der Waals surface area (Å²) in [5.74, 6) is -0.111. The molecule has 2 unspecified atom stereocenters. The van der Waals surface area contributed by atoms with Crippen molar-refractivity contribution >= 4 is 0 Å². The Labute approximate surface area is 210 Å². The van der Waals surface area contributed by atoms with E-state index in [1.165, 1.54) is 12.0 Å². The average molecular weight is 487 g/mol. The van der Waals surface area contributed by atoms with Crippen LogP contribution in [0.25, 0.3) is 0 Å². The Bertz CT molecular complexity index is 1010. The zero-order chi connectivity index (χ0) is 25.2. The van der Waals surface area contributed by atoms with Crippen LogP contribution >= 0.6 is 0 Å². The summed E-state index contributed by atoms with van der Waals surface area (Å²) >= 11 is 0. The smallest absolute Gasteiger partial charge is 0.199 e. The van der Waals surface area contributed by atoms with Gasteiger partial charge in [0.2, 0.25) is 0 Å². The van der Waals surface area contributed by atoms with E-state index in [4.69, 9.17) is 9.47 Å². The van der Waals surface area contributed by atoms with Gasteiger partial charge in [0.25, 0.3) is 0 Å². The van der Waals surface area contributed by atoms with Gasteiger partial charge in [0.15, 0.2) is 5.79 Å². The molecule has 5 aliphatic carbocycles. The van der Waals surface area contributed by atoms with Crippen LogP contribution < -0.4 is 0 Å². The lowest BCUT2D eigenvalue weighted by molar-refractivity contribution is -0.279. The van der Waals surface area contributed by atoms with Gasteiger partial charge in [-0.1, -0.05) is 46.3 Å². The molecular formula is C30H46O5. The summed E-state index contributed by atoms with van der Waals surface area (Å²) < 4.78 is 13.5. The third-order valence-electron chi connectivity index (χ3n) is 13.5. The minimum Gasteiger partial charge on any atom is -0.393 e. The Morgan fingerprint density at radius 2 is 1.74 bits per heavy atom. The Balaban J connectivity index is 1.37. The Kier molecular flexibility index (Phi) is 4.20. The first-order valence-corrected chi connectivity index (χ1v) is 14.3. The average Bonchev–Trinajstić information content (AvgIpc) is 3.28. The SMILES string of the molecule is C[C@@H]1C[C@H]2O[C@@]3(O[C@@H]2C(C)(C)O)C1[C@@]1(C)CCC24C[C@@]25CC[C@H](O)C(C)(C)[C@@H]5CC=C4[C@]1(C)[C@H]3O. The maximum atomic E-state index is 12.4. The van der Waals surface area contributed by atoms with E-state index in [0.717, 1.165) is 38.5 Å². The molecule has 2 bridgehead atoms. The summed E-state index contributed by atoms with van der Waals surface area (Å²) in [6, 6.07) is 0. The van der Waals surface area contributed by atoms with Crippen LogP contribution in [0, 0.1) is 44.8 Å². The molecule has 12 atom stereocenters. The highest BCUT2D eigenvalue weighted by molar-refractivity contribution is 5.48. The molecule has 0 aromatic carbocycles. The summed E-state index contributed by atoms with van der Waals surface area (Å²) in [5, 5.41) is 34.3. The fourth-order valence-corrected chi connectivity index (χ4v) is 11.8. The lowest BCUT2D eigenvalue weighted by Crippen LogP contribution is -2.55. The van der Waals surface area contributed by atoms with Gasteiger partial charge in [-0.05, 0) is 92.3 Å². The van der Waals surface area contributed by atoms with E-state index in [1.54, 1.807) is 0 Å². The van der Waals surface area contributed by atoms with Gasteiger partial charge < -0.3 is 24.8 Å². The second-order valence-electron chi connectivity index (χ2n) is 15.5. The third kappa shape index (κ3) is 2.26. The maximum Gasteiger partial charge on any atom is 0.199 e. The van der Waals surface area contributed by atoms with Crippen LogP contribution in [0.3, 0.4) is 0 Å².